The molecule has 1 aliphatic carbocycles. The predicted molar refractivity (Wildman–Crippen MR) is 180 cm³/mol. The molecule has 0 bridgehead atoms. The molecule has 0 saturated heterocycles. The maximum atomic E-state index is 4.57. The molecule has 0 aliphatic heterocycles. The Balaban J connectivity index is 0.00000260. The van der Waals surface area contributed by atoms with Crippen LogP contribution in [0, 0.1) is 24.7 Å². The molecule has 1 saturated carbocycles. The monoisotopic (exact) mass is 524 g/mol. The van der Waals surface area contributed by atoms with Gasteiger partial charge < -0.3 is 0 Å². The fourth-order valence-electron chi connectivity index (χ4n) is 6.06. The average Bonchev–Trinajstić information content (AvgIpc) is 2.94. The van der Waals surface area contributed by atoms with E-state index in [2.05, 4.69) is 97.2 Å². The molecule has 0 N–H and O–H groups in total. The standard InChI is InChI=1S/C36H51B.C2H6/c1-8-13-26(2)14-9-10-15-28(4)34-23-22-33(30(6)24-32-20-18-27(3)19-21-32)25-35(34)31(7)37-36-17-12-11-16-29(36)5;1-2/h11-12,16-17,22-23,25-27,32H,4,6,8-10,13-15,18-21,24H2,1-3,5,7H3;1-2H3/t26-,27?,32?;/m0./s1. The minimum atomic E-state index is 0.792. The molecule has 0 unspecified atom stereocenters. The van der Waals surface area contributed by atoms with Crippen LogP contribution < -0.4 is 5.46 Å². The molecule has 2 aromatic rings. The number of allylic oxidation sites excluding steroid dienone is 2. The van der Waals surface area contributed by atoms with Crippen molar-refractivity contribution in [2.45, 2.75) is 119 Å². The van der Waals surface area contributed by atoms with Gasteiger partial charge in [0.25, 0.3) is 0 Å². The van der Waals surface area contributed by atoms with Crippen LogP contribution >= 0.6 is 0 Å². The maximum Gasteiger partial charge on any atom is -0.0683 e. The maximum absolute atomic E-state index is 4.57. The summed E-state index contributed by atoms with van der Waals surface area (Å²) in [6, 6.07) is 15.7. The summed E-state index contributed by atoms with van der Waals surface area (Å²) in [5.41, 5.74) is 10.4. The van der Waals surface area contributed by atoms with Gasteiger partial charge in [-0.15, -0.1) is 0 Å². The van der Waals surface area contributed by atoms with Gasteiger partial charge in [-0.25, -0.2) is 0 Å². The van der Waals surface area contributed by atoms with Gasteiger partial charge in [0.05, 0.1) is 0 Å². The summed E-state index contributed by atoms with van der Waals surface area (Å²) < 4.78 is 0. The first-order chi connectivity index (χ1) is 18.8. The third kappa shape index (κ3) is 10.7. The summed E-state index contributed by atoms with van der Waals surface area (Å²) in [5.74, 6) is 2.52. The van der Waals surface area contributed by atoms with E-state index in [1.54, 1.807) is 0 Å². The van der Waals surface area contributed by atoms with Crippen LogP contribution in [0.3, 0.4) is 0 Å². The van der Waals surface area contributed by atoms with E-state index in [0.717, 1.165) is 30.6 Å². The molecule has 2 aromatic carbocycles. The Labute approximate surface area is 243 Å². The van der Waals surface area contributed by atoms with Crippen LogP contribution in [-0.4, -0.2) is 12.4 Å². The molecular formula is C38H57B. The van der Waals surface area contributed by atoms with Crippen LogP contribution in [0.2, 0.25) is 0 Å². The first-order valence-corrected chi connectivity index (χ1v) is 16.0. The van der Waals surface area contributed by atoms with Gasteiger partial charge >= 0.3 is 230 Å². The normalized spacial score (nSPS) is 18.0. The van der Waals surface area contributed by atoms with E-state index in [1.807, 2.05) is 13.8 Å². The van der Waals surface area contributed by atoms with Crippen LogP contribution in [0.5, 0.6) is 0 Å². The Hall–Kier alpha value is -2.15. The number of aryl methyl sites for hydroxylation is 1. The fraction of sp³-hybridized carbons (Fsp3) is 0.553. The van der Waals surface area contributed by atoms with Crippen molar-refractivity contribution in [1.29, 1.82) is 0 Å². The summed E-state index contributed by atoms with van der Waals surface area (Å²) in [6.07, 6.45) is 14.1. The van der Waals surface area contributed by atoms with Crippen molar-refractivity contribution in [2.24, 2.45) is 17.8 Å². The zero-order valence-corrected chi connectivity index (χ0v) is 26.5. The summed E-state index contributed by atoms with van der Waals surface area (Å²) in [5, 5.41) is 0. The minimum absolute atomic E-state index is 0.792. The first-order valence-electron chi connectivity index (χ1n) is 16.0. The largest absolute Gasteiger partial charge is 0.0683 e. The second-order valence-corrected chi connectivity index (χ2v) is 12.1. The molecule has 0 radical (unpaired) electrons. The molecule has 1 fully saturated rings. The van der Waals surface area contributed by atoms with Gasteiger partial charge in [0.2, 0.25) is 0 Å². The Morgan fingerprint density at radius 2 is 1.62 bits per heavy atom. The van der Waals surface area contributed by atoms with E-state index in [1.165, 1.54) is 102 Å². The van der Waals surface area contributed by atoms with Crippen molar-refractivity contribution in [3.8, 4) is 0 Å². The third-order valence-electron chi connectivity index (χ3n) is 8.67. The molecule has 0 heterocycles. The Kier molecular flexibility index (Phi) is 14.9. The van der Waals surface area contributed by atoms with Crippen molar-refractivity contribution < 1.29 is 0 Å². The van der Waals surface area contributed by atoms with Gasteiger partial charge in [-0.05, 0) is 0 Å². The molecule has 1 heteroatoms. The molecule has 3 rings (SSSR count). The molecule has 0 amide bonds. The Morgan fingerprint density at radius 3 is 2.28 bits per heavy atom. The zero-order chi connectivity index (χ0) is 28.8. The van der Waals surface area contributed by atoms with Gasteiger partial charge in [0.15, 0.2) is 0 Å². The van der Waals surface area contributed by atoms with E-state index < -0.39 is 0 Å². The van der Waals surface area contributed by atoms with Gasteiger partial charge in [0, 0.05) is 0 Å². The summed E-state index contributed by atoms with van der Waals surface area (Å²) in [7, 11) is 0. The van der Waals surface area contributed by atoms with Gasteiger partial charge in [0.1, 0.15) is 0 Å². The molecular weight excluding hydrogens is 467 g/mol. The van der Waals surface area contributed by atoms with Crippen molar-refractivity contribution in [3.05, 3.63) is 77.9 Å². The number of rotatable bonds is 13. The fourth-order valence-corrected chi connectivity index (χ4v) is 6.06. The number of benzene rings is 2. The summed E-state index contributed by atoms with van der Waals surface area (Å²) in [4.78, 5) is 0. The molecule has 1 atom stereocenters. The minimum Gasteiger partial charge on any atom is -0.0683 e. The summed E-state index contributed by atoms with van der Waals surface area (Å²) >= 11 is 0. The van der Waals surface area contributed by atoms with E-state index >= 15 is 0 Å². The smallest absolute Gasteiger partial charge is 0.0683 e. The van der Waals surface area contributed by atoms with Crippen molar-refractivity contribution in [3.63, 3.8) is 0 Å². The van der Waals surface area contributed by atoms with E-state index in [9.17, 15) is 0 Å². The average molecular weight is 525 g/mol. The molecule has 0 aromatic heterocycles. The number of hydrogen-bond donors (Lipinski definition) is 0. The van der Waals surface area contributed by atoms with E-state index in [-0.39, 0.29) is 0 Å². The zero-order valence-electron chi connectivity index (χ0n) is 26.5. The number of hydrogen-bond acceptors (Lipinski definition) is 0. The Bertz CT molecular complexity index is 1060. The van der Waals surface area contributed by atoms with Crippen molar-refractivity contribution >= 4 is 29.0 Å². The van der Waals surface area contributed by atoms with E-state index in [0.29, 0.717) is 0 Å². The van der Waals surface area contributed by atoms with Crippen LogP contribution in [0.25, 0.3) is 11.1 Å². The van der Waals surface area contributed by atoms with Crippen LogP contribution in [-0.2, 0) is 0 Å². The second-order valence-electron chi connectivity index (χ2n) is 12.1. The Morgan fingerprint density at radius 1 is 0.923 bits per heavy atom. The molecule has 39 heavy (non-hydrogen) atoms. The molecule has 212 valence electrons. The second kappa shape index (κ2) is 17.5. The van der Waals surface area contributed by atoms with Crippen molar-refractivity contribution in [1.82, 2.24) is 0 Å². The first kappa shape index (κ1) is 33.1. The molecule has 0 spiro atoms. The van der Waals surface area contributed by atoms with Gasteiger partial charge in [-0.2, -0.15) is 0 Å². The molecule has 1 aliphatic rings. The number of unbranched alkanes of at least 4 members (excludes halogenated alkanes) is 1. The van der Waals surface area contributed by atoms with Crippen LogP contribution in [0.4, 0.5) is 0 Å². The summed E-state index contributed by atoms with van der Waals surface area (Å²) in [6.45, 7) is 27.0. The topological polar surface area (TPSA) is 0 Å². The van der Waals surface area contributed by atoms with Gasteiger partial charge in [-0.3, -0.25) is 0 Å². The van der Waals surface area contributed by atoms with Crippen LogP contribution in [0.15, 0.2) is 55.6 Å². The predicted octanol–water partition coefficient (Wildman–Crippen LogP) is 10.8. The third-order valence-corrected chi connectivity index (χ3v) is 8.67. The van der Waals surface area contributed by atoms with Crippen molar-refractivity contribution in [2.75, 3.05) is 0 Å². The van der Waals surface area contributed by atoms with Crippen LogP contribution in [0.1, 0.15) is 134 Å². The SMILES string of the molecule is C=C(CC1CCC(C)CC1)c1ccc(C(=C)CCCC[C@@H](C)CCC)c(C(C)=Bc2ccccc2C)c1.CC. The van der Waals surface area contributed by atoms with Gasteiger partial charge in [-0.1, -0.05) is 13.8 Å². The molecule has 0 nitrogen and oxygen atoms in total. The quantitative estimate of drug-likeness (QED) is 0.181. The van der Waals surface area contributed by atoms with E-state index in [4.69, 9.17) is 0 Å².